The van der Waals surface area contributed by atoms with Gasteiger partial charge in [0.05, 0.1) is 31.8 Å². The van der Waals surface area contributed by atoms with Crippen LogP contribution in [0.25, 0.3) is 11.3 Å². The first-order chi connectivity index (χ1) is 14.0. The first-order valence-electron chi connectivity index (χ1n) is 9.29. The lowest BCUT2D eigenvalue weighted by Crippen LogP contribution is -2.31. The fraction of sp³-hybridized carbons (Fsp3) is 0.273. The number of hydrogen-bond donors (Lipinski definition) is 0. The number of amides is 1. The number of ether oxygens (including phenoxy) is 3. The van der Waals surface area contributed by atoms with Crippen molar-refractivity contribution >= 4 is 11.6 Å². The molecular formula is C22H23N3O4. The maximum Gasteiger partial charge on any atom is 0.248 e. The molecule has 7 heteroatoms. The second-order valence-corrected chi connectivity index (χ2v) is 6.95. The number of methoxy groups -OCH3 is 2. The minimum Gasteiger partial charge on any atom is -0.497 e. The Bertz CT molecular complexity index is 1070. The summed E-state index contributed by atoms with van der Waals surface area (Å²) in [4.78, 5) is 14.6. The van der Waals surface area contributed by atoms with Crippen LogP contribution in [0.2, 0.25) is 0 Å². The molecule has 0 radical (unpaired) electrons. The summed E-state index contributed by atoms with van der Waals surface area (Å²) < 4.78 is 18.2. The van der Waals surface area contributed by atoms with E-state index in [1.54, 1.807) is 55.2 Å². The van der Waals surface area contributed by atoms with E-state index < -0.39 is 0 Å². The van der Waals surface area contributed by atoms with Gasteiger partial charge in [-0.05, 0) is 31.2 Å². The Labute approximate surface area is 169 Å². The number of rotatable bonds is 5. The third-order valence-corrected chi connectivity index (χ3v) is 5.10. The smallest absolute Gasteiger partial charge is 0.248 e. The molecule has 2 heterocycles. The summed E-state index contributed by atoms with van der Waals surface area (Å²) in [5, 5.41) is 4.45. The van der Waals surface area contributed by atoms with Gasteiger partial charge < -0.3 is 19.1 Å². The third-order valence-electron chi connectivity index (χ3n) is 5.10. The monoisotopic (exact) mass is 393 g/mol. The Balaban J connectivity index is 1.63. The van der Waals surface area contributed by atoms with E-state index in [1.807, 2.05) is 19.1 Å². The Kier molecular flexibility index (Phi) is 4.88. The number of fused-ring (bicyclic) bond motifs is 3. The van der Waals surface area contributed by atoms with E-state index in [1.165, 1.54) is 0 Å². The van der Waals surface area contributed by atoms with Crippen LogP contribution in [0.1, 0.15) is 11.1 Å². The lowest BCUT2D eigenvalue weighted by Gasteiger charge is -2.22. The number of benzene rings is 2. The molecule has 4 rings (SSSR count). The Morgan fingerprint density at radius 2 is 2.03 bits per heavy atom. The van der Waals surface area contributed by atoms with Crippen molar-refractivity contribution in [1.29, 1.82) is 0 Å². The van der Waals surface area contributed by atoms with Gasteiger partial charge in [-0.25, -0.2) is 0 Å². The average Bonchev–Trinajstić information content (AvgIpc) is 3.15. The first kappa shape index (κ1) is 18.9. The highest BCUT2D eigenvalue weighted by atomic mass is 16.5. The summed E-state index contributed by atoms with van der Waals surface area (Å²) in [7, 11) is 4.89. The van der Waals surface area contributed by atoms with Crippen LogP contribution in [-0.2, 0) is 17.9 Å². The van der Waals surface area contributed by atoms with Crippen LogP contribution in [0.5, 0.6) is 17.2 Å². The Hall–Kier alpha value is -3.48. The second-order valence-electron chi connectivity index (χ2n) is 6.95. The fourth-order valence-corrected chi connectivity index (χ4v) is 3.50. The number of hydrogen-bond acceptors (Lipinski definition) is 5. The van der Waals surface area contributed by atoms with E-state index in [4.69, 9.17) is 14.2 Å². The standard InChI is InChI=1S/C22H23N3O4/c1-14-5-8-19-17(9-14)22-15(13-29-19)11-23-25(22)12-21(26)24(2)18-7-6-16(27-3)10-20(18)28-4/h5-11H,12-13H2,1-4H3. The van der Waals surface area contributed by atoms with E-state index in [2.05, 4.69) is 11.2 Å². The molecule has 0 spiro atoms. The van der Waals surface area contributed by atoms with Crippen LogP contribution in [0.15, 0.2) is 42.6 Å². The van der Waals surface area contributed by atoms with Crippen LogP contribution in [-0.4, -0.2) is 37.0 Å². The summed E-state index contributed by atoms with van der Waals surface area (Å²) in [5.41, 5.74) is 4.65. The summed E-state index contributed by atoms with van der Waals surface area (Å²) >= 11 is 0. The minimum absolute atomic E-state index is 0.106. The molecule has 1 aromatic heterocycles. The van der Waals surface area contributed by atoms with Gasteiger partial charge in [-0.1, -0.05) is 11.6 Å². The zero-order valence-electron chi connectivity index (χ0n) is 16.9. The van der Waals surface area contributed by atoms with Crippen LogP contribution >= 0.6 is 0 Å². The lowest BCUT2D eigenvalue weighted by atomic mass is 10.0. The van der Waals surface area contributed by atoms with E-state index in [0.29, 0.717) is 23.8 Å². The highest BCUT2D eigenvalue weighted by molar-refractivity contribution is 5.94. The molecule has 150 valence electrons. The van der Waals surface area contributed by atoms with Gasteiger partial charge >= 0.3 is 0 Å². The fourth-order valence-electron chi connectivity index (χ4n) is 3.50. The maximum atomic E-state index is 13.0. The van der Waals surface area contributed by atoms with Crippen molar-refractivity contribution in [1.82, 2.24) is 9.78 Å². The topological polar surface area (TPSA) is 65.8 Å². The molecule has 0 N–H and O–H groups in total. The quantitative estimate of drug-likeness (QED) is 0.664. The maximum absolute atomic E-state index is 13.0. The van der Waals surface area contributed by atoms with Gasteiger partial charge in [0.2, 0.25) is 5.91 Å². The highest BCUT2D eigenvalue weighted by Gasteiger charge is 2.25. The van der Waals surface area contributed by atoms with E-state index in [0.717, 1.165) is 28.1 Å². The second kappa shape index (κ2) is 7.50. The number of anilines is 1. The van der Waals surface area contributed by atoms with E-state index >= 15 is 0 Å². The number of likely N-dealkylation sites (N-methyl/N-ethyl adjacent to an activating group) is 1. The summed E-state index contributed by atoms with van der Waals surface area (Å²) in [5.74, 6) is 1.93. The third kappa shape index (κ3) is 3.40. The lowest BCUT2D eigenvalue weighted by molar-refractivity contribution is -0.119. The summed E-state index contributed by atoms with van der Waals surface area (Å²) in [6.45, 7) is 2.58. The van der Waals surface area contributed by atoms with Gasteiger partial charge in [-0.2, -0.15) is 5.10 Å². The molecule has 7 nitrogen and oxygen atoms in total. The largest absolute Gasteiger partial charge is 0.497 e. The molecule has 1 amide bonds. The van der Waals surface area contributed by atoms with Crippen molar-refractivity contribution in [3.63, 3.8) is 0 Å². The van der Waals surface area contributed by atoms with Crippen LogP contribution in [0, 0.1) is 6.92 Å². The van der Waals surface area contributed by atoms with Crippen molar-refractivity contribution in [2.24, 2.45) is 0 Å². The van der Waals surface area contributed by atoms with Crippen LogP contribution in [0.4, 0.5) is 5.69 Å². The van der Waals surface area contributed by atoms with Crippen molar-refractivity contribution in [2.45, 2.75) is 20.1 Å². The predicted molar refractivity (Wildman–Crippen MR) is 110 cm³/mol. The van der Waals surface area contributed by atoms with Gasteiger partial charge in [0.25, 0.3) is 0 Å². The number of nitrogens with zero attached hydrogens (tertiary/aromatic N) is 3. The SMILES string of the molecule is COc1ccc(N(C)C(=O)Cn2ncc3c2-c2cc(C)ccc2OC3)c(OC)c1. The Morgan fingerprint density at radius 1 is 1.21 bits per heavy atom. The summed E-state index contributed by atoms with van der Waals surface area (Å²) in [6, 6.07) is 11.4. The average molecular weight is 393 g/mol. The van der Waals surface area contributed by atoms with E-state index in [-0.39, 0.29) is 12.5 Å². The molecule has 0 fully saturated rings. The zero-order chi connectivity index (χ0) is 20.5. The molecule has 0 atom stereocenters. The molecule has 0 saturated heterocycles. The Morgan fingerprint density at radius 3 is 2.79 bits per heavy atom. The van der Waals surface area contributed by atoms with Crippen molar-refractivity contribution in [2.75, 3.05) is 26.2 Å². The van der Waals surface area contributed by atoms with Crippen molar-refractivity contribution in [3.8, 4) is 28.5 Å². The molecule has 1 aliphatic heterocycles. The number of carbonyl (C=O) groups excluding carboxylic acids is 1. The first-order valence-corrected chi connectivity index (χ1v) is 9.29. The predicted octanol–water partition coefficient (Wildman–Crippen LogP) is 3.43. The van der Waals surface area contributed by atoms with Gasteiger partial charge in [-0.15, -0.1) is 0 Å². The number of carbonyl (C=O) groups is 1. The highest BCUT2D eigenvalue weighted by Crippen LogP contribution is 2.38. The van der Waals surface area contributed by atoms with Crippen LogP contribution < -0.4 is 19.1 Å². The molecule has 29 heavy (non-hydrogen) atoms. The number of aryl methyl sites for hydroxylation is 1. The van der Waals surface area contributed by atoms with Gasteiger partial charge in [0.1, 0.15) is 30.4 Å². The van der Waals surface area contributed by atoms with Crippen LogP contribution in [0.3, 0.4) is 0 Å². The molecule has 2 aromatic carbocycles. The van der Waals surface area contributed by atoms with Crippen molar-refractivity contribution < 1.29 is 19.0 Å². The molecule has 0 aliphatic carbocycles. The van der Waals surface area contributed by atoms with Gasteiger partial charge in [0, 0.05) is 24.2 Å². The molecular weight excluding hydrogens is 370 g/mol. The van der Waals surface area contributed by atoms with Gasteiger partial charge in [-0.3, -0.25) is 9.48 Å². The molecule has 1 aliphatic rings. The molecule has 0 unspecified atom stereocenters. The van der Waals surface area contributed by atoms with E-state index in [9.17, 15) is 4.79 Å². The normalized spacial score (nSPS) is 11.9. The van der Waals surface area contributed by atoms with Gasteiger partial charge in [0.15, 0.2) is 0 Å². The minimum atomic E-state index is -0.111. The van der Waals surface area contributed by atoms with Crippen molar-refractivity contribution in [3.05, 3.63) is 53.7 Å². The molecule has 0 bridgehead atoms. The molecule has 3 aromatic rings. The number of aromatic nitrogens is 2. The summed E-state index contributed by atoms with van der Waals surface area (Å²) in [6.07, 6.45) is 1.77. The zero-order valence-corrected chi connectivity index (χ0v) is 16.9. The molecule has 0 saturated carbocycles.